The molecule has 1 heterocycles. The third kappa shape index (κ3) is 6.30. The van der Waals surface area contributed by atoms with Crippen LogP contribution in [0.1, 0.15) is 60.3 Å². The summed E-state index contributed by atoms with van der Waals surface area (Å²) in [7, 11) is 0. The van der Waals surface area contributed by atoms with Crippen LogP contribution in [0.25, 0.3) is 0 Å². The van der Waals surface area contributed by atoms with Gasteiger partial charge in [-0.25, -0.2) is 4.79 Å². The molecule has 2 fully saturated rings. The molecule has 5 heteroatoms. The summed E-state index contributed by atoms with van der Waals surface area (Å²) >= 11 is 0. The van der Waals surface area contributed by atoms with Gasteiger partial charge in [-0.3, -0.25) is 0 Å². The van der Waals surface area contributed by atoms with Crippen LogP contribution in [-0.2, 0) is 9.47 Å². The maximum atomic E-state index is 12.3. The number of rotatable bonds is 6. The molecule has 0 spiro atoms. The lowest BCUT2D eigenvalue weighted by Gasteiger charge is -2.33. The van der Waals surface area contributed by atoms with Gasteiger partial charge in [0, 0.05) is 31.8 Å². The first-order valence-electron chi connectivity index (χ1n) is 9.11. The minimum absolute atomic E-state index is 0.172. The zero-order valence-corrected chi connectivity index (χ0v) is 15.4. The number of hydrogen-bond acceptors (Lipinski definition) is 4. The molecular weight excluding hydrogens is 292 g/mol. The van der Waals surface area contributed by atoms with Crippen molar-refractivity contribution in [3.05, 3.63) is 0 Å². The van der Waals surface area contributed by atoms with Gasteiger partial charge in [-0.1, -0.05) is 13.8 Å². The second kappa shape index (κ2) is 7.84. The summed E-state index contributed by atoms with van der Waals surface area (Å²) in [6.07, 6.45) is 4.50. The zero-order valence-electron chi connectivity index (χ0n) is 15.4. The second-order valence-electron chi connectivity index (χ2n) is 8.23. The third-order valence-corrected chi connectivity index (χ3v) is 4.46. The fourth-order valence-corrected chi connectivity index (χ4v) is 3.00. The summed E-state index contributed by atoms with van der Waals surface area (Å²) < 4.78 is 11.3. The predicted molar refractivity (Wildman–Crippen MR) is 91.6 cm³/mol. The highest BCUT2D eigenvalue weighted by atomic mass is 16.6. The maximum absolute atomic E-state index is 12.3. The molecule has 1 saturated heterocycles. The Kier molecular flexibility index (Phi) is 6.32. The standard InChI is InChI=1S/C18H34N2O3/c1-13(2)16-12-14(8-11-22-16)19-9-10-20(15-6-7-15)17(21)23-18(3,4)5/h13-16,19H,6-12H2,1-5H3. The molecule has 1 amide bonds. The minimum atomic E-state index is -0.428. The molecule has 1 aliphatic heterocycles. The summed E-state index contributed by atoms with van der Waals surface area (Å²) in [5.74, 6) is 0.560. The Morgan fingerprint density at radius 2 is 2.00 bits per heavy atom. The van der Waals surface area contributed by atoms with Crippen LogP contribution in [0.4, 0.5) is 4.79 Å². The quantitative estimate of drug-likeness (QED) is 0.814. The molecule has 0 radical (unpaired) electrons. The first kappa shape index (κ1) is 18.5. The van der Waals surface area contributed by atoms with Crippen molar-refractivity contribution < 1.29 is 14.3 Å². The molecule has 2 rings (SSSR count). The van der Waals surface area contributed by atoms with Gasteiger partial charge in [0.1, 0.15) is 5.60 Å². The molecule has 1 N–H and O–H groups in total. The van der Waals surface area contributed by atoms with Gasteiger partial charge in [0.25, 0.3) is 0 Å². The van der Waals surface area contributed by atoms with Crippen molar-refractivity contribution in [2.24, 2.45) is 5.92 Å². The van der Waals surface area contributed by atoms with Crippen molar-refractivity contribution in [1.29, 1.82) is 0 Å². The Balaban J connectivity index is 1.75. The van der Waals surface area contributed by atoms with Crippen molar-refractivity contribution >= 4 is 6.09 Å². The average molecular weight is 326 g/mol. The summed E-state index contributed by atoms with van der Waals surface area (Å²) in [6, 6.07) is 0.876. The fraction of sp³-hybridized carbons (Fsp3) is 0.944. The molecule has 134 valence electrons. The van der Waals surface area contributed by atoms with Crippen molar-refractivity contribution in [3.63, 3.8) is 0 Å². The third-order valence-electron chi connectivity index (χ3n) is 4.46. The van der Waals surface area contributed by atoms with E-state index in [0.29, 0.717) is 24.1 Å². The number of nitrogens with one attached hydrogen (secondary N) is 1. The van der Waals surface area contributed by atoms with E-state index in [2.05, 4.69) is 19.2 Å². The van der Waals surface area contributed by atoms with Crippen LogP contribution in [-0.4, -0.2) is 54.5 Å². The van der Waals surface area contributed by atoms with E-state index >= 15 is 0 Å². The van der Waals surface area contributed by atoms with Crippen LogP contribution in [0.3, 0.4) is 0 Å². The molecular formula is C18H34N2O3. The monoisotopic (exact) mass is 326 g/mol. The lowest BCUT2D eigenvalue weighted by Crippen LogP contribution is -2.46. The first-order chi connectivity index (χ1) is 10.8. The van der Waals surface area contributed by atoms with Crippen LogP contribution in [0.15, 0.2) is 0 Å². The van der Waals surface area contributed by atoms with Crippen molar-refractivity contribution in [3.8, 4) is 0 Å². The molecule has 2 aliphatic rings. The Bertz CT molecular complexity index is 388. The molecule has 0 aromatic heterocycles. The minimum Gasteiger partial charge on any atom is -0.444 e. The van der Waals surface area contributed by atoms with Gasteiger partial charge in [-0.05, 0) is 52.4 Å². The van der Waals surface area contributed by atoms with Crippen molar-refractivity contribution in [2.45, 2.75) is 84.1 Å². The Labute approximate surface area is 141 Å². The van der Waals surface area contributed by atoms with Crippen LogP contribution in [0, 0.1) is 5.92 Å². The molecule has 1 aliphatic carbocycles. The maximum Gasteiger partial charge on any atom is 0.410 e. The Morgan fingerprint density at radius 3 is 2.57 bits per heavy atom. The van der Waals surface area contributed by atoms with Gasteiger partial charge in [0.05, 0.1) is 6.10 Å². The van der Waals surface area contributed by atoms with Crippen LogP contribution < -0.4 is 5.32 Å². The van der Waals surface area contributed by atoms with Gasteiger partial charge >= 0.3 is 6.09 Å². The van der Waals surface area contributed by atoms with Crippen LogP contribution in [0.5, 0.6) is 0 Å². The van der Waals surface area contributed by atoms with E-state index in [1.54, 1.807) is 0 Å². The summed E-state index contributed by atoms with van der Waals surface area (Å²) in [5.41, 5.74) is -0.428. The SMILES string of the molecule is CC(C)C1CC(NCCN(C(=O)OC(C)(C)C)C2CC2)CCO1. The van der Waals surface area contributed by atoms with E-state index in [0.717, 1.165) is 45.4 Å². The van der Waals surface area contributed by atoms with Crippen LogP contribution >= 0.6 is 0 Å². The largest absolute Gasteiger partial charge is 0.444 e. The normalized spacial score (nSPS) is 25.5. The Morgan fingerprint density at radius 1 is 1.30 bits per heavy atom. The highest BCUT2D eigenvalue weighted by Crippen LogP contribution is 2.28. The number of carbonyl (C=O) groups is 1. The van der Waals surface area contributed by atoms with E-state index in [4.69, 9.17) is 9.47 Å². The fourth-order valence-electron chi connectivity index (χ4n) is 3.00. The predicted octanol–water partition coefficient (Wildman–Crippen LogP) is 3.18. The highest BCUT2D eigenvalue weighted by molar-refractivity contribution is 5.69. The van der Waals surface area contributed by atoms with Gasteiger partial charge < -0.3 is 19.7 Å². The lowest BCUT2D eigenvalue weighted by molar-refractivity contribution is -0.0247. The number of nitrogens with zero attached hydrogens (tertiary/aromatic N) is 1. The van der Waals surface area contributed by atoms with Gasteiger partial charge in [-0.15, -0.1) is 0 Å². The smallest absolute Gasteiger partial charge is 0.410 e. The number of hydrogen-bond donors (Lipinski definition) is 1. The molecule has 1 saturated carbocycles. The lowest BCUT2D eigenvalue weighted by atomic mass is 9.95. The zero-order chi connectivity index (χ0) is 17.0. The Hall–Kier alpha value is -0.810. The summed E-state index contributed by atoms with van der Waals surface area (Å²) in [5, 5.41) is 3.61. The summed E-state index contributed by atoms with van der Waals surface area (Å²) in [4.78, 5) is 14.2. The van der Waals surface area contributed by atoms with E-state index < -0.39 is 5.60 Å². The van der Waals surface area contributed by atoms with Crippen molar-refractivity contribution in [1.82, 2.24) is 10.2 Å². The van der Waals surface area contributed by atoms with E-state index in [1.165, 1.54) is 0 Å². The number of carbonyl (C=O) groups excluding carboxylic acids is 1. The van der Waals surface area contributed by atoms with Crippen molar-refractivity contribution in [2.75, 3.05) is 19.7 Å². The molecule has 5 nitrogen and oxygen atoms in total. The average Bonchev–Trinajstić information content (AvgIpc) is 3.26. The number of amides is 1. The van der Waals surface area contributed by atoms with Gasteiger partial charge in [-0.2, -0.15) is 0 Å². The van der Waals surface area contributed by atoms with Gasteiger partial charge in [0.2, 0.25) is 0 Å². The molecule has 0 aromatic carbocycles. The molecule has 0 aromatic rings. The molecule has 0 bridgehead atoms. The van der Waals surface area contributed by atoms with E-state index in [9.17, 15) is 4.79 Å². The van der Waals surface area contributed by atoms with E-state index in [1.807, 2.05) is 25.7 Å². The van der Waals surface area contributed by atoms with Crippen LogP contribution in [0.2, 0.25) is 0 Å². The molecule has 2 atom stereocenters. The molecule has 23 heavy (non-hydrogen) atoms. The first-order valence-corrected chi connectivity index (χ1v) is 9.11. The highest BCUT2D eigenvalue weighted by Gasteiger charge is 2.35. The second-order valence-corrected chi connectivity index (χ2v) is 8.23. The topological polar surface area (TPSA) is 50.8 Å². The van der Waals surface area contributed by atoms with Gasteiger partial charge in [0.15, 0.2) is 0 Å². The molecule has 2 unspecified atom stereocenters. The summed E-state index contributed by atoms with van der Waals surface area (Å²) in [6.45, 7) is 12.6. The van der Waals surface area contributed by atoms with E-state index in [-0.39, 0.29) is 6.09 Å². The number of ether oxygens (including phenoxy) is 2.